The van der Waals surface area contributed by atoms with Crippen LogP contribution in [0.3, 0.4) is 0 Å². The van der Waals surface area contributed by atoms with Crippen molar-refractivity contribution in [2.24, 2.45) is 7.05 Å². The Labute approximate surface area is 86.6 Å². The summed E-state index contributed by atoms with van der Waals surface area (Å²) in [7, 11) is 1.87. The molecule has 2 heterocycles. The number of nitrogens with one attached hydrogen (secondary N) is 1. The quantitative estimate of drug-likeness (QED) is 0.649. The van der Waals surface area contributed by atoms with Gasteiger partial charge in [-0.05, 0) is 12.1 Å². The SMILES string of the molecule is Cn1cnc(-c2cccc3[nH]ccc23)n1. The molecule has 0 aliphatic heterocycles. The average Bonchev–Trinajstić information content (AvgIpc) is 2.84. The van der Waals surface area contributed by atoms with Crippen LogP contribution in [-0.2, 0) is 7.05 Å². The van der Waals surface area contributed by atoms with Crippen LogP contribution in [0.5, 0.6) is 0 Å². The Morgan fingerprint density at radius 1 is 1.27 bits per heavy atom. The number of hydrogen-bond donors (Lipinski definition) is 1. The van der Waals surface area contributed by atoms with Crippen molar-refractivity contribution in [3.63, 3.8) is 0 Å². The number of nitrogens with zero attached hydrogens (tertiary/aromatic N) is 3. The van der Waals surface area contributed by atoms with E-state index in [1.165, 1.54) is 0 Å². The van der Waals surface area contributed by atoms with Crippen molar-refractivity contribution in [2.45, 2.75) is 0 Å². The predicted molar refractivity (Wildman–Crippen MR) is 58.3 cm³/mol. The molecule has 4 heteroatoms. The van der Waals surface area contributed by atoms with Crippen molar-refractivity contribution in [3.05, 3.63) is 36.8 Å². The number of aromatic nitrogens is 4. The van der Waals surface area contributed by atoms with Gasteiger partial charge in [-0.15, -0.1) is 0 Å². The van der Waals surface area contributed by atoms with Crippen LogP contribution in [0.2, 0.25) is 0 Å². The van der Waals surface area contributed by atoms with Gasteiger partial charge in [0.05, 0.1) is 0 Å². The van der Waals surface area contributed by atoms with Gasteiger partial charge in [0, 0.05) is 29.7 Å². The number of hydrogen-bond acceptors (Lipinski definition) is 2. The van der Waals surface area contributed by atoms with E-state index in [1.54, 1.807) is 11.0 Å². The van der Waals surface area contributed by atoms with Gasteiger partial charge in [-0.2, -0.15) is 5.10 Å². The highest BCUT2D eigenvalue weighted by Crippen LogP contribution is 2.24. The number of aryl methyl sites for hydroxylation is 1. The Hall–Kier alpha value is -2.10. The largest absolute Gasteiger partial charge is 0.361 e. The molecule has 0 radical (unpaired) electrons. The molecule has 15 heavy (non-hydrogen) atoms. The van der Waals surface area contributed by atoms with Gasteiger partial charge >= 0.3 is 0 Å². The van der Waals surface area contributed by atoms with E-state index >= 15 is 0 Å². The smallest absolute Gasteiger partial charge is 0.181 e. The van der Waals surface area contributed by atoms with E-state index in [1.807, 2.05) is 37.5 Å². The van der Waals surface area contributed by atoms with Crippen molar-refractivity contribution < 1.29 is 0 Å². The first-order chi connectivity index (χ1) is 7.34. The monoisotopic (exact) mass is 198 g/mol. The summed E-state index contributed by atoms with van der Waals surface area (Å²) in [4.78, 5) is 7.43. The summed E-state index contributed by atoms with van der Waals surface area (Å²) in [5, 5.41) is 5.46. The number of aromatic amines is 1. The van der Waals surface area contributed by atoms with E-state index < -0.39 is 0 Å². The van der Waals surface area contributed by atoms with Crippen LogP contribution < -0.4 is 0 Å². The van der Waals surface area contributed by atoms with Crippen molar-refractivity contribution in [2.75, 3.05) is 0 Å². The highest BCUT2D eigenvalue weighted by molar-refractivity contribution is 5.93. The van der Waals surface area contributed by atoms with Crippen molar-refractivity contribution in [3.8, 4) is 11.4 Å². The maximum atomic E-state index is 4.30. The van der Waals surface area contributed by atoms with Crippen LogP contribution in [-0.4, -0.2) is 19.7 Å². The molecule has 2 aromatic heterocycles. The van der Waals surface area contributed by atoms with Crippen molar-refractivity contribution >= 4 is 10.9 Å². The van der Waals surface area contributed by atoms with Crippen LogP contribution in [0, 0.1) is 0 Å². The highest BCUT2D eigenvalue weighted by atomic mass is 15.3. The molecule has 0 saturated heterocycles. The van der Waals surface area contributed by atoms with Crippen LogP contribution in [0.15, 0.2) is 36.8 Å². The van der Waals surface area contributed by atoms with E-state index in [2.05, 4.69) is 15.1 Å². The number of H-pyrrole nitrogens is 1. The second kappa shape index (κ2) is 2.95. The molecule has 0 amide bonds. The first-order valence-corrected chi connectivity index (χ1v) is 4.77. The lowest BCUT2D eigenvalue weighted by molar-refractivity contribution is 0.768. The van der Waals surface area contributed by atoms with Gasteiger partial charge in [0.15, 0.2) is 5.82 Å². The standard InChI is InChI=1S/C11H10N4/c1-15-7-13-11(14-15)9-3-2-4-10-8(9)5-6-12-10/h2-7,12H,1H3. The van der Waals surface area contributed by atoms with Crippen LogP contribution in [0.25, 0.3) is 22.3 Å². The van der Waals surface area contributed by atoms with Gasteiger partial charge in [-0.3, -0.25) is 4.68 Å². The molecule has 0 spiro atoms. The predicted octanol–water partition coefficient (Wildman–Crippen LogP) is 1.96. The zero-order valence-corrected chi connectivity index (χ0v) is 8.31. The third kappa shape index (κ3) is 1.22. The summed E-state index contributed by atoms with van der Waals surface area (Å²) in [5.74, 6) is 0.766. The molecule has 0 saturated carbocycles. The molecule has 0 aliphatic rings. The third-order valence-electron chi connectivity index (χ3n) is 2.44. The topological polar surface area (TPSA) is 46.5 Å². The second-order valence-corrected chi connectivity index (χ2v) is 3.49. The highest BCUT2D eigenvalue weighted by Gasteiger charge is 2.07. The molecule has 1 N–H and O–H groups in total. The molecule has 74 valence electrons. The number of benzene rings is 1. The molecule has 4 nitrogen and oxygen atoms in total. The van der Waals surface area contributed by atoms with Gasteiger partial charge in [0.1, 0.15) is 6.33 Å². The summed E-state index contributed by atoms with van der Waals surface area (Å²) in [6.45, 7) is 0. The zero-order chi connectivity index (χ0) is 10.3. The average molecular weight is 198 g/mol. The van der Waals surface area contributed by atoms with E-state index in [-0.39, 0.29) is 0 Å². The van der Waals surface area contributed by atoms with Crippen LogP contribution in [0.4, 0.5) is 0 Å². The number of fused-ring (bicyclic) bond motifs is 1. The van der Waals surface area contributed by atoms with Crippen LogP contribution >= 0.6 is 0 Å². The van der Waals surface area contributed by atoms with Gasteiger partial charge in [0.2, 0.25) is 0 Å². The normalized spacial score (nSPS) is 11.0. The summed E-state index contributed by atoms with van der Waals surface area (Å²) >= 11 is 0. The Kier molecular flexibility index (Phi) is 1.62. The van der Waals surface area contributed by atoms with Crippen molar-refractivity contribution in [1.82, 2.24) is 19.7 Å². The molecule has 0 atom stereocenters. The van der Waals surface area contributed by atoms with Gasteiger partial charge < -0.3 is 4.98 Å². The lowest BCUT2D eigenvalue weighted by atomic mass is 10.1. The number of rotatable bonds is 1. The van der Waals surface area contributed by atoms with E-state index in [0.717, 1.165) is 22.3 Å². The molecule has 0 fully saturated rings. The fraction of sp³-hybridized carbons (Fsp3) is 0.0909. The summed E-state index contributed by atoms with van der Waals surface area (Å²) in [5.41, 5.74) is 2.18. The molecule has 0 unspecified atom stereocenters. The third-order valence-corrected chi connectivity index (χ3v) is 2.44. The van der Waals surface area contributed by atoms with Gasteiger partial charge in [-0.1, -0.05) is 12.1 Å². The lowest BCUT2D eigenvalue weighted by Crippen LogP contribution is -1.88. The Balaban J connectivity index is 2.30. The van der Waals surface area contributed by atoms with Crippen molar-refractivity contribution in [1.29, 1.82) is 0 Å². The Morgan fingerprint density at radius 3 is 3.00 bits per heavy atom. The molecular weight excluding hydrogens is 188 g/mol. The Bertz CT molecular complexity index is 606. The molecule has 0 bridgehead atoms. The fourth-order valence-electron chi connectivity index (χ4n) is 1.74. The van der Waals surface area contributed by atoms with Crippen LogP contribution in [0.1, 0.15) is 0 Å². The van der Waals surface area contributed by atoms with E-state index in [4.69, 9.17) is 0 Å². The fourth-order valence-corrected chi connectivity index (χ4v) is 1.74. The minimum Gasteiger partial charge on any atom is -0.361 e. The molecule has 0 aliphatic carbocycles. The lowest BCUT2D eigenvalue weighted by Gasteiger charge is -1.97. The van der Waals surface area contributed by atoms with E-state index in [0.29, 0.717) is 0 Å². The zero-order valence-electron chi connectivity index (χ0n) is 8.31. The molecular formula is C11H10N4. The summed E-state index contributed by atoms with van der Waals surface area (Å²) in [6.07, 6.45) is 3.64. The van der Waals surface area contributed by atoms with E-state index in [9.17, 15) is 0 Å². The second-order valence-electron chi connectivity index (χ2n) is 3.49. The van der Waals surface area contributed by atoms with Gasteiger partial charge in [0.25, 0.3) is 0 Å². The maximum absolute atomic E-state index is 4.30. The molecule has 3 rings (SSSR count). The molecule has 1 aromatic carbocycles. The maximum Gasteiger partial charge on any atom is 0.181 e. The molecule has 3 aromatic rings. The minimum absolute atomic E-state index is 0.766. The summed E-state index contributed by atoms with van der Waals surface area (Å²) < 4.78 is 1.71. The minimum atomic E-state index is 0.766. The summed E-state index contributed by atoms with van der Waals surface area (Å²) in [6, 6.07) is 8.12. The first kappa shape index (κ1) is 8.23. The van der Waals surface area contributed by atoms with Gasteiger partial charge in [-0.25, -0.2) is 4.98 Å². The Morgan fingerprint density at radius 2 is 2.20 bits per heavy atom. The first-order valence-electron chi connectivity index (χ1n) is 4.77.